The van der Waals surface area contributed by atoms with Crippen LogP contribution in [0.2, 0.25) is 0 Å². The molecule has 0 amide bonds. The molecule has 1 aliphatic heterocycles. The SMILES string of the molecule is CCOC(=O)C1=CNc2cc(-c3ccc(C)cc3)nn2[C@@H]1c1ccccc1. The predicted molar refractivity (Wildman–Crippen MR) is 105 cm³/mol. The molecular weight excluding hydrogens is 338 g/mol. The molecule has 0 spiro atoms. The second-order valence-corrected chi connectivity index (χ2v) is 6.50. The van der Waals surface area contributed by atoms with Gasteiger partial charge in [-0.1, -0.05) is 60.2 Å². The molecule has 4 rings (SSSR count). The molecule has 0 bridgehead atoms. The first-order chi connectivity index (χ1) is 13.2. The lowest BCUT2D eigenvalue weighted by atomic mass is 9.98. The lowest BCUT2D eigenvalue weighted by Crippen LogP contribution is -2.26. The predicted octanol–water partition coefficient (Wildman–Crippen LogP) is 4.32. The van der Waals surface area contributed by atoms with Crippen molar-refractivity contribution in [3.8, 4) is 11.3 Å². The van der Waals surface area contributed by atoms with Gasteiger partial charge in [-0.2, -0.15) is 5.10 Å². The van der Waals surface area contributed by atoms with Gasteiger partial charge < -0.3 is 10.1 Å². The Hall–Kier alpha value is -3.34. The molecule has 5 heteroatoms. The number of nitrogens with zero attached hydrogens (tertiary/aromatic N) is 2. The highest BCUT2D eigenvalue weighted by Crippen LogP contribution is 2.35. The summed E-state index contributed by atoms with van der Waals surface area (Å²) >= 11 is 0. The summed E-state index contributed by atoms with van der Waals surface area (Å²) in [4.78, 5) is 12.5. The zero-order valence-corrected chi connectivity index (χ0v) is 15.3. The van der Waals surface area contributed by atoms with E-state index in [-0.39, 0.29) is 12.0 Å². The number of rotatable bonds is 4. The van der Waals surface area contributed by atoms with Gasteiger partial charge in [0.25, 0.3) is 0 Å². The Morgan fingerprint density at radius 2 is 1.89 bits per heavy atom. The van der Waals surface area contributed by atoms with E-state index < -0.39 is 0 Å². The van der Waals surface area contributed by atoms with Crippen LogP contribution in [0.4, 0.5) is 5.82 Å². The molecule has 1 aliphatic rings. The number of nitrogens with one attached hydrogen (secondary N) is 1. The lowest BCUT2D eigenvalue weighted by Gasteiger charge is -2.26. The van der Waals surface area contributed by atoms with E-state index in [0.717, 1.165) is 22.6 Å². The number of ether oxygens (including phenoxy) is 1. The summed E-state index contributed by atoms with van der Waals surface area (Å²) in [7, 11) is 0. The van der Waals surface area contributed by atoms with Crippen LogP contribution < -0.4 is 5.32 Å². The molecule has 0 unspecified atom stereocenters. The molecule has 1 aromatic heterocycles. The minimum Gasteiger partial charge on any atom is -0.463 e. The maximum absolute atomic E-state index is 12.5. The van der Waals surface area contributed by atoms with Crippen LogP contribution in [0, 0.1) is 6.92 Å². The number of fused-ring (bicyclic) bond motifs is 1. The van der Waals surface area contributed by atoms with Crippen LogP contribution in [-0.2, 0) is 9.53 Å². The number of esters is 1. The number of aromatic nitrogens is 2. The Morgan fingerprint density at radius 1 is 1.15 bits per heavy atom. The molecule has 0 saturated carbocycles. The van der Waals surface area contributed by atoms with Crippen LogP contribution >= 0.6 is 0 Å². The monoisotopic (exact) mass is 359 g/mol. The van der Waals surface area contributed by atoms with E-state index in [4.69, 9.17) is 9.84 Å². The van der Waals surface area contributed by atoms with Crippen molar-refractivity contribution in [3.63, 3.8) is 0 Å². The minimum atomic E-state index is -0.336. The summed E-state index contributed by atoms with van der Waals surface area (Å²) in [5, 5.41) is 8.00. The molecule has 136 valence electrons. The van der Waals surface area contributed by atoms with E-state index in [1.807, 2.05) is 41.1 Å². The molecule has 0 fully saturated rings. The molecule has 0 saturated heterocycles. The lowest BCUT2D eigenvalue weighted by molar-refractivity contribution is -0.139. The van der Waals surface area contributed by atoms with E-state index in [1.54, 1.807) is 13.1 Å². The molecule has 2 heterocycles. The first-order valence-corrected chi connectivity index (χ1v) is 9.02. The maximum Gasteiger partial charge on any atom is 0.338 e. The van der Waals surface area contributed by atoms with Crippen molar-refractivity contribution >= 4 is 11.8 Å². The highest BCUT2D eigenvalue weighted by Gasteiger charge is 2.31. The third kappa shape index (κ3) is 3.24. The van der Waals surface area contributed by atoms with Gasteiger partial charge in [0.2, 0.25) is 0 Å². The number of anilines is 1. The van der Waals surface area contributed by atoms with E-state index in [0.29, 0.717) is 12.2 Å². The van der Waals surface area contributed by atoms with Crippen molar-refractivity contribution in [2.24, 2.45) is 0 Å². The van der Waals surface area contributed by atoms with Crippen molar-refractivity contribution in [2.45, 2.75) is 19.9 Å². The Morgan fingerprint density at radius 3 is 2.59 bits per heavy atom. The number of aryl methyl sites for hydroxylation is 1. The molecule has 1 N–H and O–H groups in total. The Kier molecular flexibility index (Phi) is 4.50. The molecule has 5 nitrogen and oxygen atoms in total. The second kappa shape index (κ2) is 7.11. The molecule has 1 atom stereocenters. The van der Waals surface area contributed by atoms with Crippen molar-refractivity contribution in [2.75, 3.05) is 11.9 Å². The smallest absolute Gasteiger partial charge is 0.338 e. The fourth-order valence-corrected chi connectivity index (χ4v) is 3.27. The standard InChI is InChI=1S/C22H21N3O2/c1-3-27-22(26)18-14-23-20-13-19(16-11-9-15(2)10-12-16)24-25(20)21(18)17-7-5-4-6-8-17/h4-14,21,23H,3H2,1-2H3/t21-/m1/s1. The number of carbonyl (C=O) groups excluding carboxylic acids is 1. The number of benzene rings is 2. The maximum atomic E-state index is 12.5. The minimum absolute atomic E-state index is 0.332. The summed E-state index contributed by atoms with van der Waals surface area (Å²) in [6.07, 6.45) is 1.73. The van der Waals surface area contributed by atoms with Crippen LogP contribution in [0.25, 0.3) is 11.3 Å². The van der Waals surface area contributed by atoms with Crippen molar-refractivity contribution < 1.29 is 9.53 Å². The van der Waals surface area contributed by atoms with Gasteiger partial charge in [0.05, 0.1) is 17.9 Å². The zero-order chi connectivity index (χ0) is 18.8. The first-order valence-electron chi connectivity index (χ1n) is 9.02. The fourth-order valence-electron chi connectivity index (χ4n) is 3.27. The summed E-state index contributed by atoms with van der Waals surface area (Å²) in [6.45, 7) is 4.20. The third-order valence-corrected chi connectivity index (χ3v) is 4.62. The largest absolute Gasteiger partial charge is 0.463 e. The van der Waals surface area contributed by atoms with Gasteiger partial charge in [0.15, 0.2) is 0 Å². The second-order valence-electron chi connectivity index (χ2n) is 6.50. The quantitative estimate of drug-likeness (QED) is 0.705. The van der Waals surface area contributed by atoms with Gasteiger partial charge in [-0.3, -0.25) is 0 Å². The fraction of sp³-hybridized carbons (Fsp3) is 0.182. The summed E-state index contributed by atoms with van der Waals surface area (Å²) in [6, 6.07) is 19.8. The van der Waals surface area contributed by atoms with Gasteiger partial charge in [0.1, 0.15) is 11.9 Å². The van der Waals surface area contributed by atoms with Crippen LogP contribution in [0.5, 0.6) is 0 Å². The number of carbonyl (C=O) groups is 1. The van der Waals surface area contributed by atoms with Crippen molar-refractivity contribution in [1.29, 1.82) is 0 Å². The average Bonchev–Trinajstić information content (AvgIpc) is 3.13. The van der Waals surface area contributed by atoms with Gasteiger partial charge in [-0.25, -0.2) is 9.48 Å². The van der Waals surface area contributed by atoms with E-state index in [2.05, 4.69) is 36.5 Å². The van der Waals surface area contributed by atoms with Gasteiger partial charge >= 0.3 is 5.97 Å². The average molecular weight is 359 g/mol. The Labute approximate surface area is 158 Å². The number of hydrogen-bond donors (Lipinski definition) is 1. The molecule has 3 aromatic rings. The van der Waals surface area contributed by atoms with Gasteiger partial charge in [-0.15, -0.1) is 0 Å². The highest BCUT2D eigenvalue weighted by atomic mass is 16.5. The molecular formula is C22H21N3O2. The molecule has 27 heavy (non-hydrogen) atoms. The van der Waals surface area contributed by atoms with E-state index in [1.165, 1.54) is 5.56 Å². The highest BCUT2D eigenvalue weighted by molar-refractivity contribution is 5.91. The Bertz CT molecular complexity index is 988. The van der Waals surface area contributed by atoms with E-state index >= 15 is 0 Å². The normalized spacial score (nSPS) is 15.5. The van der Waals surface area contributed by atoms with Crippen molar-refractivity contribution in [1.82, 2.24) is 9.78 Å². The summed E-state index contributed by atoms with van der Waals surface area (Å²) in [5.41, 5.74) is 4.62. The molecule has 2 aromatic carbocycles. The van der Waals surface area contributed by atoms with Gasteiger partial charge in [0, 0.05) is 17.8 Å². The van der Waals surface area contributed by atoms with Crippen LogP contribution in [0.15, 0.2) is 72.4 Å². The van der Waals surface area contributed by atoms with Gasteiger partial charge in [-0.05, 0) is 19.4 Å². The zero-order valence-electron chi connectivity index (χ0n) is 15.3. The molecule has 0 radical (unpaired) electrons. The topological polar surface area (TPSA) is 56.1 Å². The van der Waals surface area contributed by atoms with Crippen LogP contribution in [0.1, 0.15) is 24.1 Å². The van der Waals surface area contributed by atoms with Crippen molar-refractivity contribution in [3.05, 3.63) is 83.6 Å². The van der Waals surface area contributed by atoms with Crippen LogP contribution in [0.3, 0.4) is 0 Å². The first kappa shape index (κ1) is 17.1. The third-order valence-electron chi connectivity index (χ3n) is 4.62. The molecule has 0 aliphatic carbocycles. The summed E-state index contributed by atoms with van der Waals surface area (Å²) in [5.74, 6) is 0.504. The van der Waals surface area contributed by atoms with E-state index in [9.17, 15) is 4.79 Å². The Balaban J connectivity index is 1.79. The summed E-state index contributed by atoms with van der Waals surface area (Å²) < 4.78 is 7.12. The number of hydrogen-bond acceptors (Lipinski definition) is 4. The van der Waals surface area contributed by atoms with Crippen LogP contribution in [-0.4, -0.2) is 22.4 Å².